The van der Waals surface area contributed by atoms with E-state index in [1.54, 1.807) is 12.1 Å². The number of benzene rings is 2. The van der Waals surface area contributed by atoms with Gasteiger partial charge in [0.2, 0.25) is 0 Å². The van der Waals surface area contributed by atoms with E-state index in [1.165, 1.54) is 23.0 Å². The number of fused-ring (bicyclic) bond motifs is 1. The second-order valence-corrected chi connectivity index (χ2v) is 6.38. The lowest BCUT2D eigenvalue weighted by Gasteiger charge is -2.23. The first-order valence-electron chi connectivity index (χ1n) is 8.87. The third-order valence-corrected chi connectivity index (χ3v) is 4.61. The summed E-state index contributed by atoms with van der Waals surface area (Å²) in [6.07, 6.45) is 2.96. The van der Waals surface area contributed by atoms with Crippen LogP contribution in [-0.4, -0.2) is 28.8 Å². The highest BCUT2D eigenvalue weighted by Gasteiger charge is 2.18. The van der Waals surface area contributed by atoms with Crippen molar-refractivity contribution in [1.29, 1.82) is 0 Å². The predicted molar refractivity (Wildman–Crippen MR) is 94.3 cm³/mol. The minimum atomic E-state index is -0.866. The molecule has 0 bridgehead atoms. The number of piperidine rings is 1. The number of nitrogens with zero attached hydrogens (tertiary/aromatic N) is 2. The van der Waals surface area contributed by atoms with Crippen LogP contribution in [-0.2, 0) is 0 Å². The third kappa shape index (κ3) is 2.94. The Hall–Kier alpha value is -2.80. The number of nitrogens with two attached hydrogens (primary N) is 1. The molecule has 0 spiro atoms. The number of hydrogen-bond acceptors (Lipinski definition) is 3. The monoisotopic (exact) mass is 357 g/mol. The zero-order valence-electron chi connectivity index (χ0n) is 14.9. The van der Waals surface area contributed by atoms with E-state index in [9.17, 15) is 13.6 Å². The summed E-state index contributed by atoms with van der Waals surface area (Å²) in [7, 11) is 0. The molecule has 1 aromatic heterocycles. The summed E-state index contributed by atoms with van der Waals surface area (Å²) in [5, 5.41) is 7.74. The predicted octanol–water partition coefficient (Wildman–Crippen LogP) is 2.87. The lowest BCUT2D eigenvalue weighted by molar-refractivity contribution is 0.100. The summed E-state index contributed by atoms with van der Waals surface area (Å²) in [6.45, 7) is 1.33. The molecule has 134 valence electrons. The largest absolute Gasteiger partial charge is 0.366 e. The Balaban J connectivity index is 1.78. The molecular weight excluding hydrogens is 338 g/mol. The molecule has 1 aliphatic heterocycles. The van der Waals surface area contributed by atoms with E-state index in [0.29, 0.717) is 23.9 Å². The lowest BCUT2D eigenvalue weighted by atomic mass is 9.91. The second kappa shape index (κ2) is 6.49. The summed E-state index contributed by atoms with van der Waals surface area (Å²) in [5.74, 6) is -2.83. The average molecular weight is 357 g/mol. The summed E-state index contributed by atoms with van der Waals surface area (Å²) >= 11 is 0. The molecule has 2 aromatic carbocycles. The van der Waals surface area contributed by atoms with Crippen LogP contribution >= 0.6 is 0 Å². The molecule has 3 aromatic rings. The van der Waals surface area contributed by atoms with Gasteiger partial charge in [0, 0.05) is 19.5 Å². The van der Waals surface area contributed by atoms with Crippen molar-refractivity contribution in [2.24, 2.45) is 5.73 Å². The van der Waals surface area contributed by atoms with E-state index in [1.807, 2.05) is 0 Å². The zero-order chi connectivity index (χ0) is 19.2. The fourth-order valence-corrected chi connectivity index (χ4v) is 3.32. The number of hydrogen-bond donors (Lipinski definition) is 2. The van der Waals surface area contributed by atoms with Gasteiger partial charge in [-0.15, -0.1) is 0 Å². The average Bonchev–Trinajstić information content (AvgIpc) is 3.04. The highest BCUT2D eigenvalue weighted by atomic mass is 19.1. The summed E-state index contributed by atoms with van der Waals surface area (Å²) in [4.78, 5) is 11.5. The van der Waals surface area contributed by atoms with Crippen LogP contribution in [0, 0.1) is 11.6 Å². The van der Waals surface area contributed by atoms with Gasteiger partial charge in [0.25, 0.3) is 5.91 Å². The molecule has 3 N–H and O–H groups in total. The molecule has 1 unspecified atom stereocenters. The molecule has 0 saturated carbocycles. The van der Waals surface area contributed by atoms with E-state index in [4.69, 9.17) is 7.10 Å². The Labute approximate surface area is 150 Å². The van der Waals surface area contributed by atoms with Gasteiger partial charge in [-0.05, 0) is 55.1 Å². The number of primary amides is 1. The van der Waals surface area contributed by atoms with Crippen molar-refractivity contribution < 1.29 is 14.9 Å². The van der Waals surface area contributed by atoms with Crippen LogP contribution in [0.15, 0.2) is 36.5 Å². The van der Waals surface area contributed by atoms with Gasteiger partial charge in [0.05, 0.1) is 5.56 Å². The van der Waals surface area contributed by atoms with Crippen LogP contribution in [0.1, 0.15) is 36.0 Å². The maximum absolute atomic E-state index is 14.8. The van der Waals surface area contributed by atoms with Gasteiger partial charge in [-0.3, -0.25) is 4.79 Å². The van der Waals surface area contributed by atoms with E-state index in [0.717, 1.165) is 19.0 Å². The van der Waals surface area contributed by atoms with E-state index in [-0.39, 0.29) is 16.8 Å². The molecular formula is C19H18F2N4O. The Kier molecular flexibility index (Phi) is 3.86. The number of carbonyl (C=O) groups excluding carboxylic acids is 1. The fourth-order valence-electron chi connectivity index (χ4n) is 3.32. The van der Waals surface area contributed by atoms with Crippen LogP contribution < -0.4 is 11.1 Å². The quantitative estimate of drug-likeness (QED) is 0.757. The highest BCUT2D eigenvalue weighted by Crippen LogP contribution is 2.27. The molecule has 1 amide bonds. The Morgan fingerprint density at radius 1 is 1.35 bits per heavy atom. The Morgan fingerprint density at radius 2 is 2.19 bits per heavy atom. The van der Waals surface area contributed by atoms with Gasteiger partial charge < -0.3 is 11.1 Å². The summed E-state index contributed by atoms with van der Waals surface area (Å²) in [5.41, 5.74) is 6.19. The van der Waals surface area contributed by atoms with Gasteiger partial charge in [-0.2, -0.15) is 5.10 Å². The standard InChI is InChI=1S/C19H18F2N4O/c20-14-6-13-10-25(24-18(13)15(8-14)19(22)26)17-4-3-11(7-16(17)21)12-2-1-5-23-9-12/h3-4,6-8,10,12,23H,1-2,5,9H2,(H2,22,26)/i12D. The molecule has 2 heterocycles. The van der Waals surface area contributed by atoms with Gasteiger partial charge in [-0.25, -0.2) is 13.5 Å². The molecule has 1 fully saturated rings. The normalized spacial score (nSPS) is 20.9. The van der Waals surface area contributed by atoms with E-state index >= 15 is 0 Å². The maximum atomic E-state index is 14.8. The molecule has 1 saturated heterocycles. The molecule has 0 radical (unpaired) electrons. The van der Waals surface area contributed by atoms with E-state index < -0.39 is 23.4 Å². The number of halogens is 2. The van der Waals surface area contributed by atoms with E-state index in [2.05, 4.69) is 10.4 Å². The Bertz CT molecular complexity index is 1040. The van der Waals surface area contributed by atoms with Crippen molar-refractivity contribution in [1.82, 2.24) is 15.1 Å². The van der Waals surface area contributed by atoms with Crippen molar-refractivity contribution >= 4 is 16.8 Å². The van der Waals surface area contributed by atoms with Crippen molar-refractivity contribution in [3.63, 3.8) is 0 Å². The van der Waals surface area contributed by atoms with Crippen LogP contribution in [0.4, 0.5) is 8.78 Å². The van der Waals surface area contributed by atoms with Crippen LogP contribution in [0.25, 0.3) is 16.6 Å². The molecule has 7 heteroatoms. The minimum absolute atomic E-state index is 0.0563. The summed E-state index contributed by atoms with van der Waals surface area (Å²) in [6, 6.07) is 6.82. The van der Waals surface area contributed by atoms with Crippen molar-refractivity contribution in [3.05, 3.63) is 59.3 Å². The van der Waals surface area contributed by atoms with Crippen LogP contribution in [0.3, 0.4) is 0 Å². The first-order valence-corrected chi connectivity index (χ1v) is 8.37. The molecule has 0 aliphatic carbocycles. The van der Waals surface area contributed by atoms with Crippen molar-refractivity contribution in [2.45, 2.75) is 18.7 Å². The minimum Gasteiger partial charge on any atom is -0.366 e. The van der Waals surface area contributed by atoms with Gasteiger partial charge in [-0.1, -0.05) is 6.07 Å². The number of carbonyl (C=O) groups is 1. The summed E-state index contributed by atoms with van der Waals surface area (Å²) < 4.78 is 38.3. The highest BCUT2D eigenvalue weighted by molar-refractivity contribution is 6.04. The number of amides is 1. The van der Waals surface area contributed by atoms with Crippen molar-refractivity contribution in [2.75, 3.05) is 13.1 Å². The van der Waals surface area contributed by atoms with Gasteiger partial charge >= 0.3 is 0 Å². The fraction of sp³-hybridized carbons (Fsp3) is 0.263. The molecule has 5 nitrogen and oxygen atoms in total. The number of aromatic nitrogens is 2. The third-order valence-electron chi connectivity index (χ3n) is 4.61. The lowest BCUT2D eigenvalue weighted by Crippen LogP contribution is -2.28. The molecule has 1 atom stereocenters. The van der Waals surface area contributed by atoms with Gasteiger partial charge in [0.15, 0.2) is 0 Å². The molecule has 4 rings (SSSR count). The second-order valence-electron chi connectivity index (χ2n) is 6.38. The smallest absolute Gasteiger partial charge is 0.251 e. The number of rotatable bonds is 3. The van der Waals surface area contributed by atoms with Gasteiger partial charge in [0.1, 0.15) is 22.8 Å². The van der Waals surface area contributed by atoms with Crippen molar-refractivity contribution in [3.8, 4) is 5.69 Å². The SMILES string of the molecule is [2H]C1(c2ccc(-n3cc4cc(F)cc(C(N)=O)c4n3)c(F)c2)CCCNC1. The first kappa shape index (κ1) is 15.5. The number of nitrogens with one attached hydrogen (secondary N) is 1. The molecule has 1 aliphatic rings. The maximum Gasteiger partial charge on any atom is 0.251 e. The topological polar surface area (TPSA) is 72.9 Å². The Morgan fingerprint density at radius 3 is 2.88 bits per heavy atom. The first-order chi connectivity index (χ1) is 12.9. The van der Waals surface area contributed by atoms with Crippen LogP contribution in [0.5, 0.6) is 0 Å². The zero-order valence-corrected chi connectivity index (χ0v) is 13.9. The van der Waals surface area contributed by atoms with Crippen LogP contribution in [0.2, 0.25) is 0 Å². The molecule has 26 heavy (non-hydrogen) atoms.